The molecule has 1 aromatic carbocycles. The third-order valence-electron chi connectivity index (χ3n) is 16.7. The Labute approximate surface area is 391 Å². The lowest BCUT2D eigenvalue weighted by molar-refractivity contribution is -0.201. The molecule has 10 rings (SSSR count). The van der Waals surface area contributed by atoms with Crippen molar-refractivity contribution in [1.29, 1.82) is 0 Å². The van der Waals surface area contributed by atoms with Gasteiger partial charge in [0, 0.05) is 53.5 Å². The number of hydroxylamine groups is 2. The van der Waals surface area contributed by atoms with Gasteiger partial charge < -0.3 is 45.6 Å². The number of ketones is 2. The number of amides is 5. The van der Waals surface area contributed by atoms with Crippen molar-refractivity contribution in [3.8, 4) is 0 Å². The number of rotatable bonds is 17. The highest BCUT2D eigenvalue weighted by molar-refractivity contribution is 6.02. The molecule has 0 radical (unpaired) electrons. The molecular weight excluding hydrogens is 885 g/mol. The Morgan fingerprint density at radius 2 is 1.65 bits per heavy atom. The van der Waals surface area contributed by atoms with Crippen LogP contribution in [0.3, 0.4) is 0 Å². The van der Waals surface area contributed by atoms with Gasteiger partial charge in [-0.15, -0.1) is 5.06 Å². The number of carboxylic acid groups (broad SMARTS) is 1. The molecule has 7 aliphatic carbocycles. The second kappa shape index (κ2) is 17.4. The van der Waals surface area contributed by atoms with Gasteiger partial charge in [-0.2, -0.15) is 0 Å². The third kappa shape index (κ3) is 8.07. The summed E-state index contributed by atoms with van der Waals surface area (Å²) in [6.45, 7) is 2.81. The van der Waals surface area contributed by atoms with Gasteiger partial charge in [0.2, 0.25) is 17.7 Å². The molecule has 1 aromatic rings. The van der Waals surface area contributed by atoms with Crippen LogP contribution in [0.1, 0.15) is 115 Å². The molecule has 68 heavy (non-hydrogen) atoms. The predicted molar refractivity (Wildman–Crippen MR) is 232 cm³/mol. The van der Waals surface area contributed by atoms with E-state index < -0.39 is 126 Å². The molecule has 19 heteroatoms. The molecule has 0 aromatic heterocycles. The van der Waals surface area contributed by atoms with Crippen LogP contribution < -0.4 is 16.0 Å². The number of benzene rings is 1. The molecule has 0 spiro atoms. The SMILES string of the molecule is C[C@]12C=CC(=O)C=C1CC[C@@H]1[C@@H]2[C@@H](O)C[C@@]2(C)[C@H]1C[C@H]1O[C@H](c3ccc(CC45CC(NC(=O)[C@H](CCC(=O)O)NC(=O)CNC(=O)CCC(=O)ON6C(=O)CCC6=O)(C4)C5)cc3)O[C@]12C(=O)CO. The van der Waals surface area contributed by atoms with E-state index in [0.717, 1.165) is 30.4 Å². The van der Waals surface area contributed by atoms with Crippen molar-refractivity contribution >= 4 is 53.0 Å². The molecule has 5 amide bonds. The van der Waals surface area contributed by atoms with Crippen molar-refractivity contribution in [2.75, 3.05) is 13.2 Å². The molecule has 2 saturated heterocycles. The number of imide groups is 1. The van der Waals surface area contributed by atoms with Crippen molar-refractivity contribution in [3.63, 3.8) is 0 Å². The second-order valence-electron chi connectivity index (χ2n) is 20.9. The van der Waals surface area contributed by atoms with Gasteiger partial charge in [0.1, 0.15) is 12.6 Å². The number of aliphatic hydroxyl groups excluding tert-OH is 2. The molecule has 0 unspecified atom stereocenters. The lowest BCUT2D eigenvalue weighted by atomic mass is 9.38. The number of nitrogens with zero attached hydrogens (tertiary/aromatic N) is 1. The Hall–Kier alpha value is -5.63. The predicted octanol–water partition coefficient (Wildman–Crippen LogP) is 1.72. The minimum absolute atomic E-state index is 0.0249. The van der Waals surface area contributed by atoms with Gasteiger partial charge in [-0.25, -0.2) is 4.79 Å². The minimum Gasteiger partial charge on any atom is -0.481 e. The number of carboxylic acids is 1. The lowest BCUT2D eigenvalue weighted by Gasteiger charge is -2.71. The lowest BCUT2D eigenvalue weighted by Crippen LogP contribution is -2.76. The zero-order valence-corrected chi connectivity index (χ0v) is 38.1. The zero-order chi connectivity index (χ0) is 48.6. The highest BCUT2D eigenvalue weighted by Crippen LogP contribution is 2.71. The standard InChI is InChI=1S/C49H58N4O15/c1-45-16-15-29(55)17-28(45)7-8-30-31-18-35-49(34(57)22-54,46(31,2)20-33(56)42(30)45)67-44(66-35)27-5-3-26(4-6-27)19-47-23-48(24-47,25-47)52-43(65)32(9-13-40(62)63)51-37(59)21-50-36(58)10-14-41(64)68-53-38(60)11-12-39(53)61/h3-6,15-17,30-33,35,42,44,54,56H,7-14,18-25H2,1-2H3,(H,50,58)(H,51,59)(H,52,65)(H,62,63)/t30-,31-,32-,33-,35+,42+,44-,45-,46-,47?,48?,49+/m0/s1. The fraction of sp³-hybridized carbons (Fsp3) is 0.612. The number of carbonyl (C=O) groups is 9. The van der Waals surface area contributed by atoms with Crippen LogP contribution in [0.15, 0.2) is 48.1 Å². The van der Waals surface area contributed by atoms with Crippen LogP contribution in [0.5, 0.6) is 0 Å². The number of allylic oxidation sites excluding steroid dienone is 4. The molecule has 10 atom stereocenters. The molecule has 364 valence electrons. The van der Waals surface area contributed by atoms with Gasteiger partial charge in [0.15, 0.2) is 23.5 Å². The maximum absolute atomic E-state index is 14.0. The maximum atomic E-state index is 14.0. The van der Waals surface area contributed by atoms with Crippen LogP contribution >= 0.6 is 0 Å². The number of aliphatic carboxylic acids is 1. The highest BCUT2D eigenvalue weighted by atomic mass is 16.7. The first-order valence-electron chi connectivity index (χ1n) is 23.6. The Bertz CT molecular complexity index is 2380. The first-order chi connectivity index (χ1) is 32.2. The zero-order valence-electron chi connectivity index (χ0n) is 38.1. The Kier molecular flexibility index (Phi) is 12.1. The Balaban J connectivity index is 0.768. The van der Waals surface area contributed by atoms with Gasteiger partial charge in [0.05, 0.1) is 25.2 Å². The topological polar surface area (TPSA) is 281 Å². The largest absolute Gasteiger partial charge is 0.481 e. The first-order valence-corrected chi connectivity index (χ1v) is 23.6. The molecule has 19 nitrogen and oxygen atoms in total. The summed E-state index contributed by atoms with van der Waals surface area (Å²) in [5.41, 5.74) is -0.550. The molecule has 2 heterocycles. The smallest absolute Gasteiger partial charge is 0.333 e. The average molecular weight is 943 g/mol. The van der Waals surface area contributed by atoms with Gasteiger partial charge in [-0.3, -0.25) is 38.4 Å². The molecular formula is C49H58N4O15. The van der Waals surface area contributed by atoms with Gasteiger partial charge >= 0.3 is 11.9 Å². The summed E-state index contributed by atoms with van der Waals surface area (Å²) in [4.78, 5) is 116. The fourth-order valence-electron chi connectivity index (χ4n) is 13.8. The number of carbonyl (C=O) groups excluding carboxylic acids is 8. The number of Topliss-reactive ketones (excluding diaryl/α,β-unsaturated/α-hetero) is 1. The Morgan fingerprint density at radius 3 is 2.32 bits per heavy atom. The molecule has 2 aliphatic heterocycles. The van der Waals surface area contributed by atoms with E-state index in [1.807, 2.05) is 37.3 Å². The van der Waals surface area contributed by atoms with Crippen LogP contribution in [0.25, 0.3) is 0 Å². The van der Waals surface area contributed by atoms with Crippen molar-refractivity contribution in [1.82, 2.24) is 21.0 Å². The van der Waals surface area contributed by atoms with Crippen molar-refractivity contribution in [2.24, 2.45) is 34.0 Å². The van der Waals surface area contributed by atoms with E-state index in [9.17, 15) is 58.5 Å². The first kappa shape index (κ1) is 47.4. The number of ether oxygens (including phenoxy) is 2. The van der Waals surface area contributed by atoms with Gasteiger partial charge in [-0.1, -0.05) is 49.8 Å². The second-order valence-corrected chi connectivity index (χ2v) is 20.9. The third-order valence-corrected chi connectivity index (χ3v) is 16.7. The normalized spacial score (nSPS) is 36.4. The van der Waals surface area contributed by atoms with E-state index in [1.54, 1.807) is 12.2 Å². The molecule has 8 fully saturated rings. The molecule has 6 N–H and O–H groups in total. The molecule has 2 bridgehead atoms. The summed E-state index contributed by atoms with van der Waals surface area (Å²) in [6.07, 6.45) is 6.36. The summed E-state index contributed by atoms with van der Waals surface area (Å²) in [7, 11) is 0. The summed E-state index contributed by atoms with van der Waals surface area (Å²) >= 11 is 0. The average Bonchev–Trinajstić information content (AvgIpc) is 3.90. The van der Waals surface area contributed by atoms with Crippen molar-refractivity contribution < 1.29 is 72.8 Å². The summed E-state index contributed by atoms with van der Waals surface area (Å²) in [6, 6.07) is 6.60. The summed E-state index contributed by atoms with van der Waals surface area (Å²) in [5, 5.41) is 39.9. The van der Waals surface area contributed by atoms with Crippen molar-refractivity contribution in [2.45, 2.75) is 139 Å². The van der Waals surface area contributed by atoms with Crippen LogP contribution in [0.4, 0.5) is 0 Å². The Morgan fingerprint density at radius 1 is 0.941 bits per heavy atom. The van der Waals surface area contributed by atoms with Gasteiger partial charge in [0.25, 0.3) is 11.8 Å². The quantitative estimate of drug-likeness (QED) is 0.121. The number of fused-ring (bicyclic) bond motifs is 7. The summed E-state index contributed by atoms with van der Waals surface area (Å²) < 4.78 is 13.4. The molecule has 6 saturated carbocycles. The van der Waals surface area contributed by atoms with Gasteiger partial charge in [-0.05, 0) is 92.8 Å². The van der Waals surface area contributed by atoms with Crippen LogP contribution in [-0.4, -0.2) is 116 Å². The monoisotopic (exact) mass is 942 g/mol. The van der Waals surface area contributed by atoms with Crippen LogP contribution in [-0.2, 0) is 63.9 Å². The fourth-order valence-corrected chi connectivity index (χ4v) is 13.8. The van der Waals surface area contributed by atoms with E-state index in [0.29, 0.717) is 36.3 Å². The van der Waals surface area contributed by atoms with Crippen molar-refractivity contribution in [3.05, 3.63) is 59.2 Å². The number of hydrogen-bond acceptors (Lipinski definition) is 14. The van der Waals surface area contributed by atoms with Crippen LogP contribution in [0, 0.1) is 34.0 Å². The van der Waals surface area contributed by atoms with E-state index in [1.165, 1.54) is 0 Å². The van der Waals surface area contributed by atoms with Crippen LogP contribution in [0.2, 0.25) is 0 Å². The maximum Gasteiger partial charge on any atom is 0.333 e. The molecule has 9 aliphatic rings. The minimum atomic E-state index is -1.46. The number of nitrogens with one attached hydrogen (secondary N) is 3. The van der Waals surface area contributed by atoms with E-state index in [2.05, 4.69) is 22.9 Å². The number of aliphatic hydroxyl groups is 2. The van der Waals surface area contributed by atoms with E-state index in [4.69, 9.17) is 14.3 Å². The van der Waals surface area contributed by atoms with E-state index >= 15 is 0 Å². The highest BCUT2D eigenvalue weighted by Gasteiger charge is 2.76. The van der Waals surface area contributed by atoms with E-state index in [-0.39, 0.29) is 54.6 Å². The summed E-state index contributed by atoms with van der Waals surface area (Å²) in [5.74, 6) is -6.10. The number of hydrogen-bond donors (Lipinski definition) is 6.